The first-order valence-corrected chi connectivity index (χ1v) is 7.29. The monoisotopic (exact) mass is 312 g/mol. The molecule has 0 aliphatic rings. The van der Waals surface area contributed by atoms with Gasteiger partial charge in [-0.2, -0.15) is 0 Å². The molecular formula is C18H20N2O3. The van der Waals surface area contributed by atoms with Crippen LogP contribution >= 0.6 is 0 Å². The van der Waals surface area contributed by atoms with Gasteiger partial charge < -0.3 is 15.0 Å². The smallest absolute Gasteiger partial charge is 0.253 e. The zero-order valence-electron chi connectivity index (χ0n) is 13.5. The Hall–Kier alpha value is -2.82. The molecule has 23 heavy (non-hydrogen) atoms. The lowest BCUT2D eigenvalue weighted by Crippen LogP contribution is -2.26. The molecule has 1 aromatic carbocycles. The summed E-state index contributed by atoms with van der Waals surface area (Å²) in [5.74, 6) is 0.515. The second-order valence-corrected chi connectivity index (χ2v) is 5.27. The number of nitrogens with one attached hydrogen (secondary N) is 2. The molecule has 0 aliphatic carbocycles. The molecule has 5 nitrogen and oxygen atoms in total. The molecule has 0 fully saturated rings. The molecule has 5 heteroatoms. The highest BCUT2D eigenvalue weighted by Crippen LogP contribution is 2.12. The predicted molar refractivity (Wildman–Crippen MR) is 90.4 cm³/mol. The van der Waals surface area contributed by atoms with Crippen LogP contribution in [0.5, 0.6) is 5.75 Å². The Morgan fingerprint density at radius 2 is 1.96 bits per heavy atom. The van der Waals surface area contributed by atoms with Crippen LogP contribution in [-0.2, 0) is 11.3 Å². The summed E-state index contributed by atoms with van der Waals surface area (Å²) < 4.78 is 5.08. The Bertz CT molecular complexity index is 774. The zero-order valence-corrected chi connectivity index (χ0v) is 13.5. The van der Waals surface area contributed by atoms with Gasteiger partial charge in [-0.1, -0.05) is 12.1 Å². The third-order valence-electron chi connectivity index (χ3n) is 3.48. The van der Waals surface area contributed by atoms with Gasteiger partial charge in [-0.15, -0.1) is 0 Å². The van der Waals surface area contributed by atoms with E-state index in [0.29, 0.717) is 5.56 Å². The van der Waals surface area contributed by atoms with E-state index in [2.05, 4.69) is 10.3 Å². The molecule has 2 aromatic rings. The fourth-order valence-corrected chi connectivity index (χ4v) is 2.22. The van der Waals surface area contributed by atoms with Crippen molar-refractivity contribution in [3.63, 3.8) is 0 Å². The Morgan fingerprint density at radius 1 is 1.26 bits per heavy atom. The number of carbonyl (C=O) groups is 1. The van der Waals surface area contributed by atoms with Crippen molar-refractivity contribution in [3.8, 4) is 5.75 Å². The number of pyridine rings is 1. The topological polar surface area (TPSA) is 71.2 Å². The van der Waals surface area contributed by atoms with Gasteiger partial charge in [-0.25, -0.2) is 0 Å². The maximum atomic E-state index is 11.9. The second kappa shape index (κ2) is 7.45. The standard InChI is InChI=1S/C18H20N2O3/c1-12-10-13(2)20-18(22)16(12)11-19-17(21)9-6-14-4-7-15(23-3)8-5-14/h4-10H,11H2,1-3H3,(H,19,21)(H,20,22). The fourth-order valence-electron chi connectivity index (χ4n) is 2.22. The molecular weight excluding hydrogens is 292 g/mol. The van der Waals surface area contributed by atoms with Gasteiger partial charge in [0, 0.05) is 23.9 Å². The molecule has 0 bridgehead atoms. The normalized spacial score (nSPS) is 10.7. The maximum Gasteiger partial charge on any atom is 0.253 e. The first kappa shape index (κ1) is 16.5. The Labute approximate surface area is 135 Å². The molecule has 2 rings (SSSR count). The number of rotatable bonds is 5. The molecule has 0 spiro atoms. The summed E-state index contributed by atoms with van der Waals surface area (Å²) in [5.41, 5.74) is 2.97. The van der Waals surface area contributed by atoms with Crippen molar-refractivity contribution < 1.29 is 9.53 Å². The molecule has 0 saturated heterocycles. The van der Waals surface area contributed by atoms with Crippen LogP contribution < -0.4 is 15.6 Å². The van der Waals surface area contributed by atoms with Crippen LogP contribution in [0.3, 0.4) is 0 Å². The van der Waals surface area contributed by atoms with Crippen molar-refractivity contribution >= 4 is 12.0 Å². The number of aromatic nitrogens is 1. The molecule has 0 atom stereocenters. The SMILES string of the molecule is COc1ccc(C=CC(=O)NCc2c(C)cc(C)[nH]c2=O)cc1. The van der Waals surface area contributed by atoms with Gasteiger partial charge in [-0.05, 0) is 49.2 Å². The van der Waals surface area contributed by atoms with Crippen LogP contribution in [0.1, 0.15) is 22.4 Å². The van der Waals surface area contributed by atoms with Crippen molar-refractivity contribution in [2.45, 2.75) is 20.4 Å². The molecule has 1 amide bonds. The number of hydrogen-bond acceptors (Lipinski definition) is 3. The highest BCUT2D eigenvalue weighted by atomic mass is 16.5. The summed E-state index contributed by atoms with van der Waals surface area (Å²) in [6.45, 7) is 3.89. The number of ether oxygens (including phenoxy) is 1. The summed E-state index contributed by atoms with van der Waals surface area (Å²) in [5, 5.41) is 2.72. The number of benzene rings is 1. The summed E-state index contributed by atoms with van der Waals surface area (Å²) in [6, 6.07) is 9.25. The maximum absolute atomic E-state index is 11.9. The van der Waals surface area contributed by atoms with Gasteiger partial charge in [0.25, 0.3) is 5.56 Å². The quantitative estimate of drug-likeness (QED) is 0.832. The average Bonchev–Trinajstić information content (AvgIpc) is 2.52. The zero-order chi connectivity index (χ0) is 16.8. The summed E-state index contributed by atoms with van der Waals surface area (Å²) in [6.07, 6.45) is 3.15. The van der Waals surface area contributed by atoms with Crippen LogP contribution in [-0.4, -0.2) is 18.0 Å². The number of aromatic amines is 1. The molecule has 0 radical (unpaired) electrons. The predicted octanol–water partition coefficient (Wildman–Crippen LogP) is 2.33. The third kappa shape index (κ3) is 4.57. The van der Waals surface area contributed by atoms with Crippen molar-refractivity contribution in [2.75, 3.05) is 7.11 Å². The lowest BCUT2D eigenvalue weighted by molar-refractivity contribution is -0.116. The number of amides is 1. The molecule has 0 saturated carbocycles. The van der Waals surface area contributed by atoms with Crippen molar-refractivity contribution in [1.82, 2.24) is 10.3 Å². The van der Waals surface area contributed by atoms with E-state index in [-0.39, 0.29) is 18.0 Å². The average molecular weight is 312 g/mol. The Balaban J connectivity index is 1.97. The minimum absolute atomic E-state index is 0.165. The van der Waals surface area contributed by atoms with Crippen molar-refractivity contribution in [2.24, 2.45) is 0 Å². The van der Waals surface area contributed by atoms with E-state index in [1.165, 1.54) is 6.08 Å². The first-order valence-electron chi connectivity index (χ1n) is 7.29. The van der Waals surface area contributed by atoms with Gasteiger partial charge in [0.05, 0.1) is 7.11 Å². The third-order valence-corrected chi connectivity index (χ3v) is 3.48. The number of aryl methyl sites for hydroxylation is 2. The summed E-state index contributed by atoms with van der Waals surface area (Å²) >= 11 is 0. The molecule has 1 aromatic heterocycles. The second-order valence-electron chi connectivity index (χ2n) is 5.27. The number of carbonyl (C=O) groups excluding carboxylic acids is 1. The molecule has 2 N–H and O–H groups in total. The number of methoxy groups -OCH3 is 1. The molecule has 120 valence electrons. The highest BCUT2D eigenvalue weighted by molar-refractivity contribution is 5.91. The van der Waals surface area contributed by atoms with Crippen LogP contribution in [0.2, 0.25) is 0 Å². The van der Waals surface area contributed by atoms with Crippen LogP contribution in [0.25, 0.3) is 6.08 Å². The number of H-pyrrole nitrogens is 1. The largest absolute Gasteiger partial charge is 0.497 e. The van der Waals surface area contributed by atoms with Crippen molar-refractivity contribution in [3.05, 3.63) is 69.1 Å². The van der Waals surface area contributed by atoms with Crippen molar-refractivity contribution in [1.29, 1.82) is 0 Å². The van der Waals surface area contributed by atoms with E-state index >= 15 is 0 Å². The van der Waals surface area contributed by atoms with E-state index < -0.39 is 0 Å². The van der Waals surface area contributed by atoms with Crippen LogP contribution in [0.15, 0.2) is 41.2 Å². The van der Waals surface area contributed by atoms with Gasteiger partial charge >= 0.3 is 0 Å². The van der Waals surface area contributed by atoms with E-state index in [1.54, 1.807) is 13.2 Å². The minimum Gasteiger partial charge on any atom is -0.497 e. The number of hydrogen-bond donors (Lipinski definition) is 2. The summed E-state index contributed by atoms with van der Waals surface area (Å²) in [7, 11) is 1.60. The first-order chi connectivity index (χ1) is 11.0. The highest BCUT2D eigenvalue weighted by Gasteiger charge is 2.06. The van der Waals surface area contributed by atoms with Crippen LogP contribution in [0, 0.1) is 13.8 Å². The van der Waals surface area contributed by atoms with E-state index in [1.807, 2.05) is 44.2 Å². The molecule has 1 heterocycles. The molecule has 0 aliphatic heterocycles. The van der Waals surface area contributed by atoms with Gasteiger partial charge in [-0.3, -0.25) is 9.59 Å². The van der Waals surface area contributed by atoms with Gasteiger partial charge in [0.15, 0.2) is 0 Å². The van der Waals surface area contributed by atoms with E-state index in [4.69, 9.17) is 4.74 Å². The minimum atomic E-state index is -0.250. The van der Waals surface area contributed by atoms with E-state index in [0.717, 1.165) is 22.6 Å². The molecule has 0 unspecified atom stereocenters. The van der Waals surface area contributed by atoms with Gasteiger partial charge in [0.2, 0.25) is 5.91 Å². The van der Waals surface area contributed by atoms with E-state index in [9.17, 15) is 9.59 Å². The Kier molecular flexibility index (Phi) is 5.36. The van der Waals surface area contributed by atoms with Gasteiger partial charge in [0.1, 0.15) is 5.75 Å². The lowest BCUT2D eigenvalue weighted by atomic mass is 10.1. The fraction of sp³-hybridized carbons (Fsp3) is 0.222. The summed E-state index contributed by atoms with van der Waals surface area (Å²) in [4.78, 5) is 26.5. The lowest BCUT2D eigenvalue weighted by Gasteiger charge is -2.06. The van der Waals surface area contributed by atoms with Crippen LogP contribution in [0.4, 0.5) is 0 Å². The Morgan fingerprint density at radius 3 is 2.57 bits per heavy atom.